The van der Waals surface area contributed by atoms with Gasteiger partial charge in [-0.05, 0) is 30.7 Å². The average molecular weight is 214 g/mol. The van der Waals surface area contributed by atoms with E-state index < -0.39 is 0 Å². The van der Waals surface area contributed by atoms with Crippen molar-refractivity contribution < 1.29 is 0 Å². The van der Waals surface area contributed by atoms with Gasteiger partial charge in [-0.3, -0.25) is 5.41 Å². The number of hydrogen-bond donors (Lipinski definition) is 2. The molecule has 84 valence electrons. The molecule has 3 N–H and O–H groups in total. The largest absolute Gasteiger partial charge is 0.387 e. The predicted octanol–water partition coefficient (Wildman–Crippen LogP) is 3.21. The highest BCUT2D eigenvalue weighted by atomic mass is 14.7. The Hall–Kier alpha value is -1.57. The molecule has 0 amide bonds. The lowest BCUT2D eigenvalue weighted by molar-refractivity contribution is 0.595. The minimum absolute atomic E-state index is 0.282. The van der Waals surface area contributed by atoms with Gasteiger partial charge >= 0.3 is 0 Å². The molecule has 1 aromatic carbocycles. The molecule has 2 rings (SSSR count). The maximum Gasteiger partial charge on any atom is 0.0946 e. The van der Waals surface area contributed by atoms with Crippen LogP contribution in [0.25, 0.3) is 0 Å². The summed E-state index contributed by atoms with van der Waals surface area (Å²) in [5.41, 5.74) is 8.18. The summed E-state index contributed by atoms with van der Waals surface area (Å²) in [6.45, 7) is 0. The fraction of sp³-hybridized carbons (Fsp3) is 0.357. The summed E-state index contributed by atoms with van der Waals surface area (Å²) in [4.78, 5) is 0. The van der Waals surface area contributed by atoms with Gasteiger partial charge in [-0.25, -0.2) is 0 Å². The van der Waals surface area contributed by atoms with Crippen molar-refractivity contribution in [3.8, 4) is 0 Å². The predicted molar refractivity (Wildman–Crippen MR) is 67.6 cm³/mol. The van der Waals surface area contributed by atoms with Gasteiger partial charge in [0.15, 0.2) is 0 Å². The van der Waals surface area contributed by atoms with Gasteiger partial charge < -0.3 is 5.73 Å². The van der Waals surface area contributed by atoms with Crippen LogP contribution in [-0.2, 0) is 0 Å². The molecule has 1 aliphatic carbocycles. The van der Waals surface area contributed by atoms with Crippen molar-refractivity contribution in [2.45, 2.75) is 31.6 Å². The summed E-state index contributed by atoms with van der Waals surface area (Å²) in [7, 11) is 0. The van der Waals surface area contributed by atoms with Crippen LogP contribution >= 0.6 is 0 Å². The molecule has 1 aromatic rings. The second kappa shape index (κ2) is 4.97. The molecule has 0 saturated heterocycles. The van der Waals surface area contributed by atoms with Gasteiger partial charge in [0.2, 0.25) is 0 Å². The third-order valence-electron chi connectivity index (χ3n) is 3.19. The molecular formula is C14H18N2. The number of rotatable bonds is 3. The SMILES string of the molecule is N=C(N)CC1=CCC(c2ccccc2)CC1. The smallest absolute Gasteiger partial charge is 0.0946 e. The van der Waals surface area contributed by atoms with Gasteiger partial charge in [-0.2, -0.15) is 0 Å². The highest BCUT2D eigenvalue weighted by Crippen LogP contribution is 2.32. The Labute approximate surface area is 96.7 Å². The second-order valence-corrected chi connectivity index (χ2v) is 4.45. The molecule has 0 spiro atoms. The van der Waals surface area contributed by atoms with E-state index in [0.717, 1.165) is 12.8 Å². The average Bonchev–Trinajstić information content (AvgIpc) is 2.30. The molecule has 1 unspecified atom stereocenters. The molecule has 0 aromatic heterocycles. The molecule has 0 saturated carbocycles. The molecule has 0 heterocycles. The van der Waals surface area contributed by atoms with E-state index in [9.17, 15) is 0 Å². The van der Waals surface area contributed by atoms with Crippen LogP contribution in [-0.4, -0.2) is 5.84 Å². The van der Waals surface area contributed by atoms with Crippen molar-refractivity contribution in [3.05, 3.63) is 47.5 Å². The lowest BCUT2D eigenvalue weighted by Crippen LogP contribution is -2.13. The van der Waals surface area contributed by atoms with E-state index in [0.29, 0.717) is 12.3 Å². The Bertz CT molecular complexity index is 392. The Kier molecular flexibility index (Phi) is 3.40. The lowest BCUT2D eigenvalue weighted by atomic mass is 9.84. The van der Waals surface area contributed by atoms with Crippen LogP contribution < -0.4 is 5.73 Å². The van der Waals surface area contributed by atoms with E-state index in [2.05, 4.69) is 36.4 Å². The van der Waals surface area contributed by atoms with Crippen molar-refractivity contribution in [1.82, 2.24) is 0 Å². The summed E-state index contributed by atoms with van der Waals surface area (Å²) in [6.07, 6.45) is 6.28. The fourth-order valence-corrected chi connectivity index (χ4v) is 2.32. The first-order chi connectivity index (χ1) is 7.75. The molecule has 0 bridgehead atoms. The zero-order valence-electron chi connectivity index (χ0n) is 9.45. The van der Waals surface area contributed by atoms with Crippen LogP contribution in [0.4, 0.5) is 0 Å². The van der Waals surface area contributed by atoms with Gasteiger partial charge in [0.05, 0.1) is 5.84 Å². The number of nitrogens with one attached hydrogen (secondary N) is 1. The lowest BCUT2D eigenvalue weighted by Gasteiger charge is -2.22. The second-order valence-electron chi connectivity index (χ2n) is 4.45. The van der Waals surface area contributed by atoms with Gasteiger partial charge in [-0.1, -0.05) is 42.0 Å². The van der Waals surface area contributed by atoms with Crippen LogP contribution in [0.1, 0.15) is 37.2 Å². The Balaban J connectivity index is 1.99. The Morgan fingerprint density at radius 1 is 1.31 bits per heavy atom. The highest BCUT2D eigenvalue weighted by Gasteiger charge is 2.15. The number of amidine groups is 1. The van der Waals surface area contributed by atoms with Crippen LogP contribution in [0.2, 0.25) is 0 Å². The monoisotopic (exact) mass is 214 g/mol. The van der Waals surface area contributed by atoms with Gasteiger partial charge in [0, 0.05) is 6.42 Å². The summed E-state index contributed by atoms with van der Waals surface area (Å²) in [5.74, 6) is 0.932. The Morgan fingerprint density at radius 2 is 2.06 bits per heavy atom. The zero-order valence-corrected chi connectivity index (χ0v) is 9.45. The number of benzene rings is 1. The van der Waals surface area contributed by atoms with E-state index >= 15 is 0 Å². The number of nitrogens with two attached hydrogens (primary N) is 1. The van der Waals surface area contributed by atoms with E-state index in [1.54, 1.807) is 0 Å². The highest BCUT2D eigenvalue weighted by molar-refractivity contribution is 5.79. The number of allylic oxidation sites excluding steroid dienone is 1. The maximum absolute atomic E-state index is 7.28. The third kappa shape index (κ3) is 2.72. The summed E-state index contributed by atoms with van der Waals surface area (Å²) < 4.78 is 0. The molecular weight excluding hydrogens is 196 g/mol. The van der Waals surface area contributed by atoms with Crippen molar-refractivity contribution in [2.24, 2.45) is 5.73 Å². The van der Waals surface area contributed by atoms with Crippen LogP contribution in [0, 0.1) is 5.41 Å². The van der Waals surface area contributed by atoms with Crippen LogP contribution in [0.15, 0.2) is 42.0 Å². The topological polar surface area (TPSA) is 49.9 Å². The maximum atomic E-state index is 7.28. The van der Waals surface area contributed by atoms with Gasteiger partial charge in [0.1, 0.15) is 0 Å². The fourth-order valence-electron chi connectivity index (χ4n) is 2.32. The van der Waals surface area contributed by atoms with E-state index in [1.807, 2.05) is 0 Å². The van der Waals surface area contributed by atoms with Crippen molar-refractivity contribution >= 4 is 5.84 Å². The van der Waals surface area contributed by atoms with Crippen molar-refractivity contribution in [2.75, 3.05) is 0 Å². The Morgan fingerprint density at radius 3 is 2.62 bits per heavy atom. The zero-order chi connectivity index (χ0) is 11.4. The third-order valence-corrected chi connectivity index (χ3v) is 3.19. The van der Waals surface area contributed by atoms with Crippen molar-refractivity contribution in [3.63, 3.8) is 0 Å². The summed E-state index contributed by atoms with van der Waals surface area (Å²) in [5, 5.41) is 7.28. The minimum Gasteiger partial charge on any atom is -0.387 e. The molecule has 2 heteroatoms. The standard InChI is InChI=1S/C14H18N2/c15-14(16)10-11-6-8-13(9-7-11)12-4-2-1-3-5-12/h1-6,13H,7-10H2,(H3,15,16). The summed E-state index contributed by atoms with van der Waals surface area (Å²) in [6, 6.07) is 10.7. The molecule has 0 fully saturated rings. The number of hydrogen-bond acceptors (Lipinski definition) is 1. The van der Waals surface area contributed by atoms with E-state index in [4.69, 9.17) is 11.1 Å². The van der Waals surface area contributed by atoms with E-state index in [-0.39, 0.29) is 5.84 Å². The molecule has 16 heavy (non-hydrogen) atoms. The molecule has 0 aliphatic heterocycles. The van der Waals surface area contributed by atoms with Crippen molar-refractivity contribution in [1.29, 1.82) is 5.41 Å². The normalized spacial score (nSPS) is 20.2. The summed E-state index contributed by atoms with van der Waals surface area (Å²) >= 11 is 0. The van der Waals surface area contributed by atoms with Crippen LogP contribution in [0.3, 0.4) is 0 Å². The minimum atomic E-state index is 0.282. The molecule has 2 nitrogen and oxygen atoms in total. The molecule has 1 aliphatic rings. The van der Waals surface area contributed by atoms with Gasteiger partial charge in [0.25, 0.3) is 0 Å². The van der Waals surface area contributed by atoms with Crippen LogP contribution in [0.5, 0.6) is 0 Å². The molecule has 1 atom stereocenters. The first-order valence-corrected chi connectivity index (χ1v) is 5.81. The molecule has 0 radical (unpaired) electrons. The first-order valence-electron chi connectivity index (χ1n) is 5.81. The quantitative estimate of drug-likeness (QED) is 0.453. The van der Waals surface area contributed by atoms with E-state index in [1.165, 1.54) is 17.6 Å². The van der Waals surface area contributed by atoms with Gasteiger partial charge in [-0.15, -0.1) is 0 Å². The first kappa shape index (κ1) is 10.9.